The number of ether oxygens (including phenoxy) is 2. The normalized spacial score (nSPS) is 13.4. The van der Waals surface area contributed by atoms with E-state index in [1.54, 1.807) is 65.3 Å². The van der Waals surface area contributed by atoms with Gasteiger partial charge in [0.15, 0.2) is 9.84 Å². The van der Waals surface area contributed by atoms with Gasteiger partial charge >= 0.3 is 0 Å². The number of rotatable bonds is 14. The summed E-state index contributed by atoms with van der Waals surface area (Å²) in [5.74, 6) is 1.16. The Hall–Kier alpha value is -2.36. The first-order valence-corrected chi connectivity index (χ1v) is 15.1. The number of hydrogen-bond donors (Lipinski definition) is 0. The van der Waals surface area contributed by atoms with E-state index in [2.05, 4.69) is 6.58 Å². The number of sulfonamides is 1. The lowest BCUT2D eigenvalue weighted by Gasteiger charge is -2.29. The van der Waals surface area contributed by atoms with Crippen LogP contribution in [0.1, 0.15) is 51.2 Å². The van der Waals surface area contributed by atoms with Crippen LogP contribution >= 0.6 is 0 Å². The molecule has 0 heterocycles. The zero-order valence-electron chi connectivity index (χ0n) is 21.9. The van der Waals surface area contributed by atoms with Gasteiger partial charge in [0.25, 0.3) is 0 Å². The molecule has 0 saturated carbocycles. The molecule has 0 amide bonds. The Morgan fingerprint density at radius 2 is 1.28 bits per heavy atom. The van der Waals surface area contributed by atoms with E-state index in [9.17, 15) is 16.8 Å². The van der Waals surface area contributed by atoms with Crippen LogP contribution in [-0.4, -0.2) is 51.1 Å². The molecule has 0 N–H and O–H groups in total. The zero-order chi connectivity index (χ0) is 27.0. The minimum atomic E-state index is -3.87. The summed E-state index contributed by atoms with van der Waals surface area (Å²) < 4.78 is 64.5. The molecule has 0 aliphatic rings. The van der Waals surface area contributed by atoms with E-state index < -0.39 is 29.9 Å². The molecule has 0 unspecified atom stereocenters. The summed E-state index contributed by atoms with van der Waals surface area (Å²) in [4.78, 5) is 0. The smallest absolute Gasteiger partial charge is 0.217 e. The highest BCUT2D eigenvalue weighted by Gasteiger charge is 2.35. The van der Waals surface area contributed by atoms with Crippen molar-refractivity contribution in [2.75, 3.05) is 20.0 Å². The average molecular weight is 538 g/mol. The van der Waals surface area contributed by atoms with Gasteiger partial charge in [0.05, 0.1) is 30.0 Å². The molecule has 200 valence electrons. The summed E-state index contributed by atoms with van der Waals surface area (Å²) in [6.07, 6.45) is 2.46. The van der Waals surface area contributed by atoms with Gasteiger partial charge < -0.3 is 9.47 Å². The van der Waals surface area contributed by atoms with Gasteiger partial charge in [-0.05, 0) is 75.4 Å². The molecule has 0 aliphatic heterocycles. The molecule has 1 atom stereocenters. The van der Waals surface area contributed by atoms with Gasteiger partial charge in [0.1, 0.15) is 11.5 Å². The molecule has 36 heavy (non-hydrogen) atoms. The Morgan fingerprint density at radius 1 is 0.833 bits per heavy atom. The Bertz CT molecular complexity index is 1130. The van der Waals surface area contributed by atoms with Crippen LogP contribution in [0.3, 0.4) is 0 Å². The summed E-state index contributed by atoms with van der Waals surface area (Å²) in [6.45, 7) is 8.92. The minimum Gasteiger partial charge on any atom is -0.497 e. The van der Waals surface area contributed by atoms with E-state index in [4.69, 9.17) is 9.47 Å². The summed E-state index contributed by atoms with van der Waals surface area (Å²) in [6, 6.07) is 14.5. The largest absolute Gasteiger partial charge is 0.497 e. The standard InChI is InChI=1S/C27H39NO6S2/c1-7-8-9-26(18-19-35(29,30)27(2,3)4)36(31,32)28(20-22-10-14-24(33-5)15-11-22)21-23-12-16-25(34-6)17-13-23/h7,10-17,26H,1,8-9,18-21H2,2-6H3/t26-/m1/s1. The van der Waals surface area contributed by atoms with E-state index in [-0.39, 0.29) is 25.3 Å². The maximum Gasteiger partial charge on any atom is 0.217 e. The van der Waals surface area contributed by atoms with Gasteiger partial charge in [-0.25, -0.2) is 16.8 Å². The molecule has 2 aromatic carbocycles. The number of methoxy groups -OCH3 is 2. The average Bonchev–Trinajstić information content (AvgIpc) is 2.83. The lowest BCUT2D eigenvalue weighted by Crippen LogP contribution is -2.40. The van der Waals surface area contributed by atoms with Crippen molar-refractivity contribution in [2.24, 2.45) is 0 Å². The highest BCUT2D eigenvalue weighted by molar-refractivity contribution is 7.93. The molecule has 0 spiro atoms. The van der Waals surface area contributed by atoms with Gasteiger partial charge in [0.2, 0.25) is 10.0 Å². The third-order valence-electron chi connectivity index (χ3n) is 6.15. The second-order valence-corrected chi connectivity index (χ2v) is 14.8. The van der Waals surface area contributed by atoms with Crippen molar-refractivity contribution in [1.82, 2.24) is 4.31 Å². The predicted octanol–water partition coefficient (Wildman–Crippen LogP) is 4.97. The SMILES string of the molecule is C=CCC[C@H](CCS(=O)(=O)C(C)(C)C)S(=O)(=O)N(Cc1ccc(OC)cc1)Cc1ccc(OC)cc1. The molecule has 0 fully saturated rings. The fourth-order valence-corrected chi connectivity index (χ4v) is 6.94. The van der Waals surface area contributed by atoms with E-state index in [0.29, 0.717) is 24.3 Å². The van der Waals surface area contributed by atoms with Crippen LogP contribution in [0.4, 0.5) is 0 Å². The lowest BCUT2D eigenvalue weighted by molar-refractivity contribution is 0.388. The van der Waals surface area contributed by atoms with Crippen LogP contribution in [0.25, 0.3) is 0 Å². The Kier molecular flexibility index (Phi) is 10.6. The van der Waals surface area contributed by atoms with Crippen molar-refractivity contribution in [1.29, 1.82) is 0 Å². The monoisotopic (exact) mass is 537 g/mol. The summed E-state index contributed by atoms with van der Waals surface area (Å²) in [5, 5.41) is -0.857. The number of nitrogens with zero attached hydrogens (tertiary/aromatic N) is 1. The Morgan fingerprint density at radius 3 is 1.64 bits per heavy atom. The third kappa shape index (κ3) is 8.08. The first-order valence-electron chi connectivity index (χ1n) is 11.9. The van der Waals surface area contributed by atoms with E-state index in [0.717, 1.165) is 11.1 Å². The summed E-state index contributed by atoms with van der Waals surface area (Å²) in [5.41, 5.74) is 1.61. The quantitative estimate of drug-likeness (QED) is 0.316. The summed E-state index contributed by atoms with van der Waals surface area (Å²) in [7, 11) is -4.20. The molecule has 9 heteroatoms. The molecule has 2 aromatic rings. The van der Waals surface area contributed by atoms with Gasteiger partial charge in [-0.15, -0.1) is 6.58 Å². The number of hydrogen-bond acceptors (Lipinski definition) is 6. The maximum absolute atomic E-state index is 14.0. The van der Waals surface area contributed by atoms with Gasteiger partial charge in [-0.1, -0.05) is 30.3 Å². The van der Waals surface area contributed by atoms with Crippen molar-refractivity contribution in [3.8, 4) is 11.5 Å². The molecular formula is C27H39NO6S2. The van der Waals surface area contributed by atoms with E-state index >= 15 is 0 Å². The molecule has 0 aromatic heterocycles. The highest BCUT2D eigenvalue weighted by atomic mass is 32.2. The first-order chi connectivity index (χ1) is 16.8. The van der Waals surface area contributed by atoms with E-state index in [1.165, 1.54) is 4.31 Å². The van der Waals surface area contributed by atoms with Crippen LogP contribution in [0.15, 0.2) is 61.2 Å². The number of allylic oxidation sites excluding steroid dienone is 1. The van der Waals surface area contributed by atoms with Crippen molar-refractivity contribution in [2.45, 2.75) is 63.1 Å². The summed E-state index contributed by atoms with van der Waals surface area (Å²) >= 11 is 0. The van der Waals surface area contributed by atoms with Crippen LogP contribution in [-0.2, 0) is 33.0 Å². The topological polar surface area (TPSA) is 90.0 Å². The van der Waals surface area contributed by atoms with E-state index in [1.807, 2.05) is 24.3 Å². The lowest BCUT2D eigenvalue weighted by atomic mass is 10.2. The highest BCUT2D eigenvalue weighted by Crippen LogP contribution is 2.26. The minimum absolute atomic E-state index is 0.0253. The van der Waals surface area contributed by atoms with Crippen LogP contribution in [0.5, 0.6) is 11.5 Å². The number of sulfone groups is 1. The van der Waals surface area contributed by atoms with Crippen molar-refractivity contribution < 1.29 is 26.3 Å². The maximum atomic E-state index is 14.0. The second kappa shape index (κ2) is 12.7. The Labute approximate surface area is 217 Å². The number of benzene rings is 2. The van der Waals surface area contributed by atoms with Gasteiger partial charge in [0, 0.05) is 13.1 Å². The first kappa shape index (κ1) is 29.9. The van der Waals surface area contributed by atoms with Gasteiger partial charge in [-0.3, -0.25) is 0 Å². The van der Waals surface area contributed by atoms with Crippen LogP contribution in [0.2, 0.25) is 0 Å². The molecule has 2 rings (SSSR count). The Balaban J connectivity index is 2.42. The molecule has 0 radical (unpaired) electrons. The van der Waals surface area contributed by atoms with Gasteiger partial charge in [-0.2, -0.15) is 4.31 Å². The van der Waals surface area contributed by atoms with Crippen LogP contribution < -0.4 is 9.47 Å². The third-order valence-corrected chi connectivity index (χ3v) is 11.1. The molecule has 0 aliphatic carbocycles. The fraction of sp³-hybridized carbons (Fsp3) is 0.481. The molecule has 7 nitrogen and oxygen atoms in total. The fourth-order valence-electron chi connectivity index (χ4n) is 3.65. The zero-order valence-corrected chi connectivity index (χ0v) is 23.6. The second-order valence-electron chi connectivity index (χ2n) is 9.72. The van der Waals surface area contributed by atoms with Crippen molar-refractivity contribution >= 4 is 19.9 Å². The molecular weight excluding hydrogens is 498 g/mol. The van der Waals surface area contributed by atoms with Crippen molar-refractivity contribution in [3.63, 3.8) is 0 Å². The van der Waals surface area contributed by atoms with Crippen LogP contribution in [0, 0.1) is 0 Å². The molecule has 0 bridgehead atoms. The van der Waals surface area contributed by atoms with Crippen molar-refractivity contribution in [3.05, 3.63) is 72.3 Å². The predicted molar refractivity (Wildman–Crippen MR) is 146 cm³/mol. The molecule has 0 saturated heterocycles.